The molecule has 0 radical (unpaired) electrons. The van der Waals surface area contributed by atoms with Crippen LogP contribution in [0, 0.1) is 0 Å². The maximum absolute atomic E-state index is 12.5. The maximum Gasteiger partial charge on any atom is 0.433 e. The number of aromatic nitrogens is 1. The molecule has 0 bridgehead atoms. The van der Waals surface area contributed by atoms with E-state index in [2.05, 4.69) is 4.98 Å². The molecule has 1 aromatic rings. The average Bonchev–Trinajstić information content (AvgIpc) is 2.40. The lowest BCUT2D eigenvalue weighted by molar-refractivity contribution is -0.141. The molecule has 0 amide bonds. The maximum atomic E-state index is 12.5. The van der Waals surface area contributed by atoms with Crippen molar-refractivity contribution in [1.82, 2.24) is 9.29 Å². The minimum atomic E-state index is -4.59. The van der Waals surface area contributed by atoms with E-state index < -0.39 is 21.9 Å². The van der Waals surface area contributed by atoms with Gasteiger partial charge in [0.15, 0.2) is 0 Å². The van der Waals surface area contributed by atoms with Gasteiger partial charge < -0.3 is 4.74 Å². The molecule has 0 saturated carbocycles. The molecule has 5 nitrogen and oxygen atoms in total. The van der Waals surface area contributed by atoms with Gasteiger partial charge in [-0.3, -0.25) is 4.98 Å². The van der Waals surface area contributed by atoms with Gasteiger partial charge in [0.25, 0.3) is 0 Å². The van der Waals surface area contributed by atoms with Gasteiger partial charge in [-0.1, -0.05) is 0 Å². The van der Waals surface area contributed by atoms with Gasteiger partial charge in [-0.15, -0.1) is 0 Å². The smallest absolute Gasteiger partial charge is 0.375 e. The van der Waals surface area contributed by atoms with E-state index in [1.807, 2.05) is 0 Å². The Balaban J connectivity index is 2.31. The molecule has 1 aliphatic rings. The summed E-state index contributed by atoms with van der Waals surface area (Å²) in [6, 6.07) is 1.22. The molecule has 0 aliphatic carbocycles. The van der Waals surface area contributed by atoms with Gasteiger partial charge in [-0.25, -0.2) is 8.42 Å². The highest BCUT2D eigenvalue weighted by molar-refractivity contribution is 7.89. The van der Waals surface area contributed by atoms with Gasteiger partial charge in [0.2, 0.25) is 10.0 Å². The van der Waals surface area contributed by atoms with E-state index in [4.69, 9.17) is 4.74 Å². The zero-order valence-corrected chi connectivity index (χ0v) is 12.3. The topological polar surface area (TPSA) is 59.5 Å². The van der Waals surface area contributed by atoms with Crippen molar-refractivity contribution < 1.29 is 26.3 Å². The lowest BCUT2D eigenvalue weighted by Crippen LogP contribution is -2.50. The van der Waals surface area contributed by atoms with E-state index in [1.165, 1.54) is 4.31 Å². The SMILES string of the molecule is C[C@@H]1CN(S(=O)(=O)c2ccc(C(F)(F)F)nc2)[C@@H](C)CO1. The summed E-state index contributed by atoms with van der Waals surface area (Å²) in [5.41, 5.74) is -1.12. The molecule has 0 spiro atoms. The van der Waals surface area contributed by atoms with Crippen molar-refractivity contribution in [3.8, 4) is 0 Å². The van der Waals surface area contributed by atoms with Crippen LogP contribution in [0.3, 0.4) is 0 Å². The molecular formula is C12H15F3N2O3S. The van der Waals surface area contributed by atoms with Crippen LogP contribution in [0.1, 0.15) is 19.5 Å². The van der Waals surface area contributed by atoms with Crippen molar-refractivity contribution in [2.24, 2.45) is 0 Å². The van der Waals surface area contributed by atoms with Crippen LogP contribution in [0.5, 0.6) is 0 Å². The van der Waals surface area contributed by atoms with E-state index >= 15 is 0 Å². The molecule has 2 rings (SSSR count). The van der Waals surface area contributed by atoms with E-state index in [0.29, 0.717) is 6.07 Å². The van der Waals surface area contributed by atoms with Gasteiger partial charge in [-0.2, -0.15) is 17.5 Å². The highest BCUT2D eigenvalue weighted by Crippen LogP contribution is 2.29. The van der Waals surface area contributed by atoms with Crippen LogP contribution < -0.4 is 0 Å². The summed E-state index contributed by atoms with van der Waals surface area (Å²) in [5, 5.41) is 0. The third-order valence-electron chi connectivity index (χ3n) is 3.18. The first kappa shape index (κ1) is 16.2. The second-order valence-electron chi connectivity index (χ2n) is 4.94. The zero-order chi connectivity index (χ0) is 15.8. The number of halogens is 3. The van der Waals surface area contributed by atoms with Crippen molar-refractivity contribution in [2.45, 2.75) is 37.1 Å². The van der Waals surface area contributed by atoms with Crippen molar-refractivity contribution in [2.75, 3.05) is 13.2 Å². The first-order chi connectivity index (χ1) is 9.62. The third-order valence-corrected chi connectivity index (χ3v) is 5.15. The van der Waals surface area contributed by atoms with Crippen LogP contribution in [0.15, 0.2) is 23.2 Å². The molecule has 1 fully saturated rings. The molecule has 118 valence electrons. The largest absolute Gasteiger partial charge is 0.433 e. The predicted octanol–water partition coefficient (Wildman–Crippen LogP) is 1.90. The standard InChI is InChI=1S/C12H15F3N2O3S/c1-8-7-20-9(2)6-17(8)21(18,19)10-3-4-11(16-5-10)12(13,14)15/h3-5,8-9H,6-7H2,1-2H3/t8-,9+/m0/s1. The molecule has 9 heteroatoms. The van der Waals surface area contributed by atoms with Gasteiger partial charge in [0.1, 0.15) is 10.6 Å². The first-order valence-corrected chi connectivity index (χ1v) is 7.73. The summed E-state index contributed by atoms with van der Waals surface area (Å²) in [4.78, 5) is 2.94. The normalized spacial score (nSPS) is 25.0. The Morgan fingerprint density at radius 2 is 2.00 bits per heavy atom. The van der Waals surface area contributed by atoms with Gasteiger partial charge in [-0.05, 0) is 26.0 Å². The lowest BCUT2D eigenvalue weighted by Gasteiger charge is -2.35. The molecule has 21 heavy (non-hydrogen) atoms. The quantitative estimate of drug-likeness (QED) is 0.834. The van der Waals surface area contributed by atoms with Crippen LogP contribution in [0.2, 0.25) is 0 Å². The number of alkyl halides is 3. The van der Waals surface area contributed by atoms with E-state index in [0.717, 1.165) is 12.3 Å². The van der Waals surface area contributed by atoms with Crippen molar-refractivity contribution >= 4 is 10.0 Å². The van der Waals surface area contributed by atoms with Gasteiger partial charge >= 0.3 is 6.18 Å². The fraction of sp³-hybridized carbons (Fsp3) is 0.583. The van der Waals surface area contributed by atoms with E-state index in [-0.39, 0.29) is 30.2 Å². The van der Waals surface area contributed by atoms with Gasteiger partial charge in [0.05, 0.1) is 12.7 Å². The molecule has 0 aromatic carbocycles. The van der Waals surface area contributed by atoms with Crippen LogP contribution in [-0.2, 0) is 20.9 Å². The van der Waals surface area contributed by atoms with E-state index in [9.17, 15) is 21.6 Å². The molecule has 1 saturated heterocycles. The summed E-state index contributed by atoms with van der Waals surface area (Å²) < 4.78 is 68.8. The fourth-order valence-corrected chi connectivity index (χ4v) is 3.68. The molecular weight excluding hydrogens is 309 g/mol. The van der Waals surface area contributed by atoms with Crippen LogP contribution in [0.4, 0.5) is 13.2 Å². The second-order valence-corrected chi connectivity index (χ2v) is 6.84. The molecule has 1 aromatic heterocycles. The Morgan fingerprint density at radius 1 is 1.33 bits per heavy atom. The number of pyridine rings is 1. The highest BCUT2D eigenvalue weighted by Gasteiger charge is 2.36. The lowest BCUT2D eigenvalue weighted by atomic mass is 10.2. The summed E-state index contributed by atoms with van der Waals surface area (Å²) in [6.07, 6.45) is -4.12. The van der Waals surface area contributed by atoms with Crippen molar-refractivity contribution in [3.63, 3.8) is 0 Å². The van der Waals surface area contributed by atoms with Crippen LogP contribution in [0.25, 0.3) is 0 Å². The average molecular weight is 324 g/mol. The molecule has 0 unspecified atom stereocenters. The van der Waals surface area contributed by atoms with Crippen molar-refractivity contribution in [3.05, 3.63) is 24.0 Å². The summed E-state index contributed by atoms with van der Waals surface area (Å²) >= 11 is 0. The molecule has 2 atom stereocenters. The Morgan fingerprint density at radius 3 is 2.52 bits per heavy atom. The second kappa shape index (κ2) is 5.54. The minimum absolute atomic E-state index is 0.157. The monoisotopic (exact) mass is 324 g/mol. The number of hydrogen-bond acceptors (Lipinski definition) is 4. The summed E-state index contributed by atoms with van der Waals surface area (Å²) in [5.74, 6) is 0. The highest BCUT2D eigenvalue weighted by atomic mass is 32.2. The van der Waals surface area contributed by atoms with Crippen molar-refractivity contribution in [1.29, 1.82) is 0 Å². The minimum Gasteiger partial charge on any atom is -0.375 e. The van der Waals surface area contributed by atoms with Gasteiger partial charge in [0, 0.05) is 18.8 Å². The molecule has 2 heterocycles. The number of nitrogens with zero attached hydrogens (tertiary/aromatic N) is 2. The Hall–Kier alpha value is -1.19. The number of rotatable bonds is 2. The van der Waals surface area contributed by atoms with Crippen LogP contribution in [-0.4, -0.2) is 43.0 Å². The van der Waals surface area contributed by atoms with E-state index in [1.54, 1.807) is 13.8 Å². The number of hydrogen-bond donors (Lipinski definition) is 0. The first-order valence-electron chi connectivity index (χ1n) is 6.29. The zero-order valence-electron chi connectivity index (χ0n) is 11.5. The summed E-state index contributed by atoms with van der Waals surface area (Å²) in [6.45, 7) is 3.82. The third kappa shape index (κ3) is 3.35. The number of ether oxygens (including phenoxy) is 1. The molecule has 0 N–H and O–H groups in total. The molecule has 1 aliphatic heterocycles. The van der Waals surface area contributed by atoms with Crippen LogP contribution >= 0.6 is 0 Å². The fourth-order valence-electron chi connectivity index (χ4n) is 2.04. The predicted molar refractivity (Wildman–Crippen MR) is 68.0 cm³/mol. The number of sulfonamides is 1. The Kier molecular flexibility index (Phi) is 4.27. The summed E-state index contributed by atoms with van der Waals surface area (Å²) in [7, 11) is -3.88. The Bertz CT molecular complexity index is 601. The Labute approximate surface area is 120 Å². The number of morpholine rings is 1.